The van der Waals surface area contributed by atoms with Crippen molar-refractivity contribution in [2.75, 3.05) is 46.8 Å². The largest absolute Gasteiger partial charge is 0.446 e. The van der Waals surface area contributed by atoms with Crippen LogP contribution in [-0.4, -0.2) is 80.0 Å². The molecule has 1 N–H and O–H groups in total. The number of benzene rings is 3. The number of quaternary nitrogens is 1. The maximum absolute atomic E-state index is 12.9. The minimum atomic E-state index is -0.490. The highest BCUT2D eigenvalue weighted by molar-refractivity contribution is 6.26. The Kier molecular flexibility index (Phi) is 14.2. The fourth-order valence-electron chi connectivity index (χ4n) is 7.58. The monoisotopic (exact) mass is 680 g/mol. The Morgan fingerprint density at radius 1 is 0.700 bits per heavy atom. The van der Waals surface area contributed by atoms with Gasteiger partial charge < -0.3 is 19.4 Å². The SMILES string of the molecule is C[N+](C)(CCCCCCCCCCCN1CCC(OC(=O)NC(c2ccccc2)c2ccccc2)CC1)CCC1C(=O)c2ccccc2C1=O. The van der Waals surface area contributed by atoms with Crippen molar-refractivity contribution in [3.8, 4) is 0 Å². The van der Waals surface area contributed by atoms with Crippen molar-refractivity contribution in [1.82, 2.24) is 10.2 Å². The molecule has 3 aromatic rings. The number of amides is 1. The summed E-state index contributed by atoms with van der Waals surface area (Å²) in [5, 5.41) is 3.11. The van der Waals surface area contributed by atoms with Crippen molar-refractivity contribution in [1.29, 1.82) is 0 Å². The molecule has 268 valence electrons. The zero-order valence-electron chi connectivity index (χ0n) is 30.4. The number of rotatable bonds is 19. The number of ketones is 2. The third kappa shape index (κ3) is 11.1. The van der Waals surface area contributed by atoms with Crippen molar-refractivity contribution in [2.45, 2.75) is 89.2 Å². The molecule has 3 aromatic carbocycles. The highest BCUT2D eigenvalue weighted by atomic mass is 16.6. The van der Waals surface area contributed by atoms with Gasteiger partial charge in [-0.2, -0.15) is 0 Å². The van der Waals surface area contributed by atoms with E-state index in [0.29, 0.717) is 17.5 Å². The predicted molar refractivity (Wildman–Crippen MR) is 200 cm³/mol. The van der Waals surface area contributed by atoms with E-state index in [-0.39, 0.29) is 29.8 Å². The number of ether oxygens (including phenoxy) is 1. The molecule has 0 spiro atoms. The van der Waals surface area contributed by atoms with E-state index in [1.165, 1.54) is 57.8 Å². The van der Waals surface area contributed by atoms with Crippen LogP contribution in [0.1, 0.15) is 115 Å². The summed E-state index contributed by atoms with van der Waals surface area (Å²) in [6, 6.07) is 27.1. The number of hydrogen-bond acceptors (Lipinski definition) is 5. The maximum Gasteiger partial charge on any atom is 0.408 e. The van der Waals surface area contributed by atoms with Gasteiger partial charge in [0.15, 0.2) is 11.6 Å². The number of unbranched alkanes of at least 4 members (excludes halogenated alkanes) is 8. The normalized spacial score (nSPS) is 15.8. The van der Waals surface area contributed by atoms with Crippen molar-refractivity contribution in [2.24, 2.45) is 5.92 Å². The fourth-order valence-corrected chi connectivity index (χ4v) is 7.58. The second-order valence-corrected chi connectivity index (χ2v) is 15.0. The van der Waals surface area contributed by atoms with Crippen LogP contribution in [0.4, 0.5) is 4.79 Å². The van der Waals surface area contributed by atoms with E-state index in [9.17, 15) is 14.4 Å². The summed E-state index contributed by atoms with van der Waals surface area (Å²) in [6.07, 6.45) is 13.5. The zero-order chi connectivity index (χ0) is 35.2. The van der Waals surface area contributed by atoms with Crippen LogP contribution in [0.3, 0.4) is 0 Å². The lowest BCUT2D eigenvalue weighted by Gasteiger charge is -2.32. The van der Waals surface area contributed by atoms with Gasteiger partial charge in [0.05, 0.1) is 39.1 Å². The van der Waals surface area contributed by atoms with Gasteiger partial charge in [0.1, 0.15) is 6.10 Å². The summed E-state index contributed by atoms with van der Waals surface area (Å²) in [6.45, 7) is 5.04. The summed E-state index contributed by atoms with van der Waals surface area (Å²) in [4.78, 5) is 40.9. The van der Waals surface area contributed by atoms with Gasteiger partial charge in [-0.1, -0.05) is 123 Å². The van der Waals surface area contributed by atoms with E-state index in [2.05, 4.69) is 24.3 Å². The molecule has 0 unspecified atom stereocenters. The number of piperidine rings is 1. The Hall–Kier alpha value is -3.81. The first-order chi connectivity index (χ1) is 24.3. The van der Waals surface area contributed by atoms with Gasteiger partial charge in [-0.3, -0.25) is 9.59 Å². The van der Waals surface area contributed by atoms with Gasteiger partial charge in [-0.25, -0.2) is 4.79 Å². The van der Waals surface area contributed by atoms with Crippen molar-refractivity contribution in [3.05, 3.63) is 107 Å². The lowest BCUT2D eigenvalue weighted by molar-refractivity contribution is -0.890. The molecule has 1 aliphatic carbocycles. The quantitative estimate of drug-likeness (QED) is 0.0780. The topological polar surface area (TPSA) is 75.7 Å². The average Bonchev–Trinajstić information content (AvgIpc) is 3.38. The molecule has 1 aliphatic heterocycles. The first kappa shape index (κ1) is 37.4. The summed E-state index contributed by atoms with van der Waals surface area (Å²) < 4.78 is 6.74. The summed E-state index contributed by atoms with van der Waals surface area (Å²) in [5.74, 6) is -0.469. The number of alkyl carbamates (subject to hydrolysis) is 1. The van der Waals surface area contributed by atoms with Gasteiger partial charge in [-0.15, -0.1) is 0 Å². The predicted octanol–water partition coefficient (Wildman–Crippen LogP) is 8.64. The number of likely N-dealkylation sites (tertiary alicyclic amines) is 1. The molecule has 0 radical (unpaired) electrons. The number of fused-ring (bicyclic) bond motifs is 1. The standard InChI is InChI=1S/C43H57N3O4/c1-46(2,33-28-39-41(47)37-24-16-17-25-38(37)42(39)48)32-19-9-7-5-3-4-6-8-18-29-45-30-26-36(27-31-45)50-43(49)44-40(34-20-12-10-13-21-34)35-22-14-11-15-23-35/h10-17,20-25,36,39-40H,3-9,18-19,26-33H2,1-2H3/p+1. The van der Waals surface area contributed by atoms with Crippen LogP contribution in [0.5, 0.6) is 0 Å². The number of carbonyl (C=O) groups is 3. The maximum atomic E-state index is 12.9. The van der Waals surface area contributed by atoms with Crippen LogP contribution in [0.25, 0.3) is 0 Å². The van der Waals surface area contributed by atoms with Crippen LogP contribution in [0.15, 0.2) is 84.9 Å². The van der Waals surface area contributed by atoms with Crippen molar-refractivity contribution < 1.29 is 23.6 Å². The van der Waals surface area contributed by atoms with Gasteiger partial charge in [0.2, 0.25) is 0 Å². The van der Waals surface area contributed by atoms with Gasteiger partial charge in [0, 0.05) is 30.6 Å². The lowest BCUT2D eigenvalue weighted by atomic mass is 9.99. The Labute approximate surface area is 300 Å². The second-order valence-electron chi connectivity index (χ2n) is 15.0. The van der Waals surface area contributed by atoms with Crippen molar-refractivity contribution >= 4 is 17.7 Å². The van der Waals surface area contributed by atoms with E-state index in [4.69, 9.17) is 4.74 Å². The zero-order valence-corrected chi connectivity index (χ0v) is 30.4. The molecule has 0 saturated carbocycles. The molecule has 1 fully saturated rings. The Balaban J connectivity index is 0.854. The van der Waals surface area contributed by atoms with Crippen LogP contribution in [0, 0.1) is 5.92 Å². The lowest BCUT2D eigenvalue weighted by Crippen LogP contribution is -2.42. The average molecular weight is 681 g/mol. The van der Waals surface area contributed by atoms with Crippen molar-refractivity contribution in [3.63, 3.8) is 0 Å². The Bertz CT molecular complexity index is 1430. The Morgan fingerprint density at radius 2 is 1.18 bits per heavy atom. The number of Topliss-reactive ketones (excluding diaryl/α,β-unsaturated/α-hetero) is 2. The molecular formula is C43H58N3O4+. The third-order valence-electron chi connectivity index (χ3n) is 10.7. The molecule has 1 amide bonds. The molecule has 0 atom stereocenters. The highest BCUT2D eigenvalue weighted by Crippen LogP contribution is 2.29. The van der Waals surface area contributed by atoms with Crippen LogP contribution in [0.2, 0.25) is 0 Å². The number of hydrogen-bond donors (Lipinski definition) is 1. The van der Waals surface area contributed by atoms with Crippen LogP contribution in [-0.2, 0) is 4.74 Å². The summed E-state index contributed by atoms with van der Waals surface area (Å²) >= 11 is 0. The number of nitrogens with one attached hydrogen (secondary N) is 1. The molecular weight excluding hydrogens is 622 g/mol. The highest BCUT2D eigenvalue weighted by Gasteiger charge is 2.39. The van der Waals surface area contributed by atoms with Gasteiger partial charge in [0.25, 0.3) is 0 Å². The molecule has 5 rings (SSSR count). The second kappa shape index (κ2) is 19.0. The van der Waals surface area contributed by atoms with E-state index in [1.807, 2.05) is 72.8 Å². The molecule has 0 bridgehead atoms. The number of nitrogens with zero attached hydrogens (tertiary/aromatic N) is 2. The van der Waals surface area contributed by atoms with Crippen LogP contribution >= 0.6 is 0 Å². The molecule has 1 heterocycles. The fraction of sp³-hybridized carbons (Fsp3) is 0.512. The first-order valence-electron chi connectivity index (χ1n) is 19.1. The molecule has 0 aromatic heterocycles. The molecule has 7 heteroatoms. The molecule has 50 heavy (non-hydrogen) atoms. The van der Waals surface area contributed by atoms with E-state index < -0.39 is 5.92 Å². The third-order valence-corrected chi connectivity index (χ3v) is 10.7. The smallest absolute Gasteiger partial charge is 0.408 e. The minimum Gasteiger partial charge on any atom is -0.446 e. The van der Waals surface area contributed by atoms with E-state index in [0.717, 1.165) is 61.2 Å². The molecule has 1 saturated heterocycles. The molecule has 7 nitrogen and oxygen atoms in total. The summed E-state index contributed by atoms with van der Waals surface area (Å²) in [5.41, 5.74) is 3.30. The van der Waals surface area contributed by atoms with Crippen LogP contribution < -0.4 is 5.32 Å². The van der Waals surface area contributed by atoms with E-state index >= 15 is 0 Å². The first-order valence-corrected chi connectivity index (χ1v) is 19.1. The van der Waals surface area contributed by atoms with Gasteiger partial charge >= 0.3 is 6.09 Å². The summed E-state index contributed by atoms with van der Waals surface area (Å²) in [7, 11) is 4.45. The van der Waals surface area contributed by atoms with Gasteiger partial charge in [-0.05, 0) is 49.8 Å². The number of carbonyl (C=O) groups excluding carboxylic acids is 3. The molecule has 2 aliphatic rings. The minimum absolute atomic E-state index is 0.0102. The van der Waals surface area contributed by atoms with E-state index in [1.54, 1.807) is 12.1 Å². The Morgan fingerprint density at radius 3 is 1.72 bits per heavy atom.